The predicted octanol–water partition coefficient (Wildman–Crippen LogP) is -0.320. The molecule has 10 heavy (non-hydrogen) atoms. The van der Waals surface area contributed by atoms with E-state index < -0.39 is 0 Å². The fraction of sp³-hybridized carbons (Fsp3) is 1.00. The van der Waals surface area contributed by atoms with E-state index in [9.17, 15) is 0 Å². The Morgan fingerprint density at radius 2 is 1.40 bits per heavy atom. The van der Waals surface area contributed by atoms with Crippen molar-refractivity contribution in [2.24, 2.45) is 0 Å². The maximum atomic E-state index is 8.91. The molecule has 2 atom stereocenters. The van der Waals surface area contributed by atoms with Crippen LogP contribution in [0, 0.1) is 0 Å². The van der Waals surface area contributed by atoms with Crippen LogP contribution >= 0.6 is 0 Å². The molecule has 0 heterocycles. The van der Waals surface area contributed by atoms with E-state index in [-0.39, 0.29) is 12.2 Å². The fourth-order valence-corrected chi connectivity index (χ4v) is 0.977. The molecule has 0 aliphatic rings. The second kappa shape index (κ2) is 4.66. The van der Waals surface area contributed by atoms with Gasteiger partial charge >= 0.3 is 0 Å². The van der Waals surface area contributed by atoms with Crippen molar-refractivity contribution in [3.63, 3.8) is 0 Å². The molecule has 0 unspecified atom stereocenters. The minimum absolute atomic E-state index is 0.316. The Bertz CT molecular complexity index is 73.7. The third kappa shape index (κ3) is 6.01. The molecule has 0 rings (SSSR count). The Morgan fingerprint density at radius 3 is 1.60 bits per heavy atom. The number of hydrogen-bond acceptors (Lipinski definition) is 3. The Kier molecular flexibility index (Phi) is 4.60. The first-order valence-electron chi connectivity index (χ1n) is 3.57. The topological polar surface area (TPSA) is 43.7 Å². The van der Waals surface area contributed by atoms with Crippen LogP contribution in [0.25, 0.3) is 0 Å². The van der Waals surface area contributed by atoms with Crippen molar-refractivity contribution < 1.29 is 10.2 Å². The third-order valence-corrected chi connectivity index (χ3v) is 1.15. The molecule has 2 N–H and O–H groups in total. The first kappa shape index (κ1) is 9.88. The Labute approximate surface area is 62.3 Å². The van der Waals surface area contributed by atoms with Gasteiger partial charge in [0.1, 0.15) is 0 Å². The number of nitrogens with zero attached hydrogens (tertiary/aromatic N) is 1. The normalized spacial score (nSPS) is 17.4. The average Bonchev–Trinajstić information content (AvgIpc) is 1.58. The van der Waals surface area contributed by atoms with Gasteiger partial charge in [0, 0.05) is 13.1 Å². The summed E-state index contributed by atoms with van der Waals surface area (Å²) in [5.74, 6) is 0. The Balaban J connectivity index is 3.34. The predicted molar refractivity (Wildman–Crippen MR) is 40.9 cm³/mol. The first-order chi connectivity index (χ1) is 4.52. The van der Waals surface area contributed by atoms with Gasteiger partial charge in [-0.3, -0.25) is 0 Å². The summed E-state index contributed by atoms with van der Waals surface area (Å²) < 4.78 is 0. The molecule has 0 aliphatic heterocycles. The lowest BCUT2D eigenvalue weighted by Crippen LogP contribution is -2.32. The summed E-state index contributed by atoms with van der Waals surface area (Å²) in [6, 6.07) is 0. The zero-order valence-corrected chi connectivity index (χ0v) is 6.91. The molecule has 0 aromatic heterocycles. The Hall–Kier alpha value is -0.120. The van der Waals surface area contributed by atoms with Crippen LogP contribution in [0.4, 0.5) is 0 Å². The quantitative estimate of drug-likeness (QED) is 0.573. The summed E-state index contributed by atoms with van der Waals surface area (Å²) in [4.78, 5) is 1.90. The molecule has 0 aliphatic carbocycles. The summed E-state index contributed by atoms with van der Waals surface area (Å²) in [5.41, 5.74) is 0. The standard InChI is InChI=1S/C7H17NO2/c1-6(9)4-8(3)5-7(2)10/h6-7,9-10H,4-5H2,1-3H3/t6-,7-/m0/s1. The number of aliphatic hydroxyl groups is 2. The lowest BCUT2D eigenvalue weighted by Gasteiger charge is -2.19. The van der Waals surface area contributed by atoms with E-state index in [0.29, 0.717) is 13.1 Å². The minimum Gasteiger partial charge on any atom is -0.392 e. The van der Waals surface area contributed by atoms with Gasteiger partial charge in [-0.05, 0) is 20.9 Å². The van der Waals surface area contributed by atoms with Crippen molar-refractivity contribution in [1.29, 1.82) is 0 Å². The monoisotopic (exact) mass is 147 g/mol. The maximum absolute atomic E-state index is 8.91. The average molecular weight is 147 g/mol. The molecule has 0 radical (unpaired) electrons. The lowest BCUT2D eigenvalue weighted by molar-refractivity contribution is 0.0990. The Morgan fingerprint density at radius 1 is 1.10 bits per heavy atom. The molecule has 0 spiro atoms. The second-order valence-electron chi connectivity index (χ2n) is 2.92. The van der Waals surface area contributed by atoms with Gasteiger partial charge in [-0.25, -0.2) is 0 Å². The minimum atomic E-state index is -0.316. The van der Waals surface area contributed by atoms with Crippen LogP contribution in [-0.4, -0.2) is 47.5 Å². The zero-order valence-electron chi connectivity index (χ0n) is 6.91. The van der Waals surface area contributed by atoms with Gasteiger partial charge in [0.2, 0.25) is 0 Å². The van der Waals surface area contributed by atoms with E-state index in [2.05, 4.69) is 0 Å². The highest BCUT2D eigenvalue weighted by molar-refractivity contribution is 4.58. The summed E-state index contributed by atoms with van der Waals surface area (Å²) in [5, 5.41) is 17.8. The number of rotatable bonds is 4. The van der Waals surface area contributed by atoms with Gasteiger partial charge in [-0.15, -0.1) is 0 Å². The van der Waals surface area contributed by atoms with Crippen molar-refractivity contribution in [3.8, 4) is 0 Å². The number of likely N-dealkylation sites (N-methyl/N-ethyl adjacent to an activating group) is 1. The summed E-state index contributed by atoms with van der Waals surface area (Å²) >= 11 is 0. The van der Waals surface area contributed by atoms with Crippen molar-refractivity contribution in [1.82, 2.24) is 4.90 Å². The van der Waals surface area contributed by atoms with Crippen LogP contribution in [0.1, 0.15) is 13.8 Å². The molecular formula is C7H17NO2. The van der Waals surface area contributed by atoms with Gasteiger partial charge in [-0.2, -0.15) is 0 Å². The van der Waals surface area contributed by atoms with E-state index >= 15 is 0 Å². The van der Waals surface area contributed by atoms with Crippen molar-refractivity contribution >= 4 is 0 Å². The van der Waals surface area contributed by atoms with Crippen molar-refractivity contribution in [3.05, 3.63) is 0 Å². The molecule has 3 heteroatoms. The number of aliphatic hydroxyl groups excluding tert-OH is 2. The highest BCUT2D eigenvalue weighted by Crippen LogP contribution is 1.90. The van der Waals surface area contributed by atoms with Gasteiger partial charge in [0.15, 0.2) is 0 Å². The van der Waals surface area contributed by atoms with Crippen molar-refractivity contribution in [2.75, 3.05) is 20.1 Å². The zero-order chi connectivity index (χ0) is 8.15. The summed E-state index contributed by atoms with van der Waals surface area (Å²) in [6.45, 7) is 4.70. The van der Waals surface area contributed by atoms with Crippen LogP contribution in [-0.2, 0) is 0 Å². The van der Waals surface area contributed by atoms with Gasteiger partial charge in [-0.1, -0.05) is 0 Å². The van der Waals surface area contributed by atoms with Crippen molar-refractivity contribution in [2.45, 2.75) is 26.1 Å². The molecule has 0 saturated carbocycles. The molecule has 0 aromatic carbocycles. The van der Waals surface area contributed by atoms with E-state index in [0.717, 1.165) is 0 Å². The van der Waals surface area contributed by atoms with Crippen LogP contribution in [0.2, 0.25) is 0 Å². The largest absolute Gasteiger partial charge is 0.392 e. The van der Waals surface area contributed by atoms with E-state index in [1.807, 2.05) is 11.9 Å². The molecule has 0 bridgehead atoms. The van der Waals surface area contributed by atoms with E-state index in [4.69, 9.17) is 10.2 Å². The maximum Gasteiger partial charge on any atom is 0.0638 e. The first-order valence-corrected chi connectivity index (χ1v) is 3.57. The molecule has 0 saturated heterocycles. The van der Waals surface area contributed by atoms with Crippen LogP contribution in [0.3, 0.4) is 0 Å². The molecule has 0 aromatic rings. The van der Waals surface area contributed by atoms with E-state index in [1.54, 1.807) is 13.8 Å². The summed E-state index contributed by atoms with van der Waals surface area (Å²) in [7, 11) is 1.87. The SMILES string of the molecule is C[C@H](O)CN(C)C[C@H](C)O. The summed E-state index contributed by atoms with van der Waals surface area (Å²) in [6.07, 6.45) is -0.632. The van der Waals surface area contributed by atoms with Gasteiger partial charge in [0.05, 0.1) is 12.2 Å². The van der Waals surface area contributed by atoms with Gasteiger partial charge < -0.3 is 15.1 Å². The fourth-order valence-electron chi connectivity index (χ4n) is 0.977. The van der Waals surface area contributed by atoms with Gasteiger partial charge in [0.25, 0.3) is 0 Å². The molecule has 3 nitrogen and oxygen atoms in total. The molecule has 0 amide bonds. The third-order valence-electron chi connectivity index (χ3n) is 1.15. The second-order valence-corrected chi connectivity index (χ2v) is 2.92. The molecule has 62 valence electrons. The highest BCUT2D eigenvalue weighted by atomic mass is 16.3. The number of hydrogen-bond donors (Lipinski definition) is 2. The lowest BCUT2D eigenvalue weighted by atomic mass is 10.3. The molecule has 0 fully saturated rings. The van der Waals surface area contributed by atoms with Crippen LogP contribution in [0.5, 0.6) is 0 Å². The van der Waals surface area contributed by atoms with E-state index in [1.165, 1.54) is 0 Å². The van der Waals surface area contributed by atoms with Crippen LogP contribution < -0.4 is 0 Å². The smallest absolute Gasteiger partial charge is 0.0638 e. The van der Waals surface area contributed by atoms with Crippen LogP contribution in [0.15, 0.2) is 0 Å². The molecular weight excluding hydrogens is 130 g/mol. The highest BCUT2D eigenvalue weighted by Gasteiger charge is 2.04.